The molecular weight excluding hydrogens is 221 g/mol. The van der Waals surface area contributed by atoms with E-state index in [2.05, 4.69) is 27.2 Å². The molecule has 0 aliphatic heterocycles. The summed E-state index contributed by atoms with van der Waals surface area (Å²) in [5.74, 6) is 0. The molecule has 0 nitrogen and oxygen atoms in total. The predicted octanol–water partition coefficient (Wildman–Crippen LogP) is 5.18. The highest BCUT2D eigenvalue weighted by Crippen LogP contribution is 2.59. The van der Waals surface area contributed by atoms with Crippen molar-refractivity contribution in [2.75, 3.05) is 18.5 Å². The molecular formula is C12H27BClP. The van der Waals surface area contributed by atoms with Crippen LogP contribution in [0.25, 0.3) is 0 Å². The normalized spacial score (nSPS) is 12.0. The highest BCUT2D eigenvalue weighted by Gasteiger charge is 2.23. The Balaban J connectivity index is 4.16. The first-order valence-electron chi connectivity index (χ1n) is 6.55. The maximum atomic E-state index is 6.16. The summed E-state index contributed by atoms with van der Waals surface area (Å²) in [6, 6.07) is 0. The zero-order valence-electron chi connectivity index (χ0n) is 10.8. The van der Waals surface area contributed by atoms with Crippen LogP contribution in [0.15, 0.2) is 0 Å². The van der Waals surface area contributed by atoms with Crippen LogP contribution in [-0.2, 0) is 0 Å². The van der Waals surface area contributed by atoms with Crippen molar-refractivity contribution in [1.82, 2.24) is 0 Å². The number of hydrogen-bond acceptors (Lipinski definition) is 0. The third-order valence-corrected chi connectivity index (χ3v) is 8.35. The van der Waals surface area contributed by atoms with E-state index in [9.17, 15) is 0 Å². The molecule has 0 bridgehead atoms. The van der Waals surface area contributed by atoms with Crippen LogP contribution in [0.3, 0.4) is 0 Å². The van der Waals surface area contributed by atoms with Crippen molar-refractivity contribution in [3.63, 3.8) is 0 Å². The van der Waals surface area contributed by atoms with Crippen LogP contribution in [-0.4, -0.2) is 24.9 Å². The Bertz CT molecular complexity index is 120. The summed E-state index contributed by atoms with van der Waals surface area (Å²) >= 11 is 6.16. The van der Waals surface area contributed by atoms with Crippen LogP contribution in [0.1, 0.15) is 59.3 Å². The van der Waals surface area contributed by atoms with Crippen LogP contribution < -0.4 is 0 Å². The van der Waals surface area contributed by atoms with Gasteiger partial charge in [0.05, 0.1) is 0 Å². The van der Waals surface area contributed by atoms with Crippen LogP contribution in [0.2, 0.25) is 0 Å². The topological polar surface area (TPSA) is 0 Å². The van der Waals surface area contributed by atoms with Crippen molar-refractivity contribution >= 4 is 25.0 Å². The predicted molar refractivity (Wildman–Crippen MR) is 77.9 cm³/mol. The SMILES string of the molecule is CCCC[P+]([B-]Cl)(CCCC)CCCC. The van der Waals surface area contributed by atoms with Crippen LogP contribution >= 0.6 is 18.6 Å². The molecule has 0 saturated heterocycles. The minimum Gasteiger partial charge on any atom is -0.413 e. The van der Waals surface area contributed by atoms with Crippen LogP contribution in [0.5, 0.6) is 0 Å². The molecule has 0 saturated carbocycles. The van der Waals surface area contributed by atoms with Gasteiger partial charge in [-0.1, -0.05) is 40.0 Å². The summed E-state index contributed by atoms with van der Waals surface area (Å²) < 4.78 is 0. The molecule has 0 fully saturated rings. The molecule has 0 aromatic carbocycles. The Hall–Kier alpha value is 0.785. The van der Waals surface area contributed by atoms with Gasteiger partial charge < -0.3 is 11.5 Å². The first-order valence-corrected chi connectivity index (χ1v) is 9.40. The number of hydrogen-bond donors (Lipinski definition) is 0. The minimum absolute atomic E-state index is 0.886. The quantitative estimate of drug-likeness (QED) is 0.369. The standard InChI is InChI=1S/C12H27BClP/c1-4-7-10-15(13-14,11-8-5-2)12-9-6-3/h4-12H2,1-3H3. The van der Waals surface area contributed by atoms with Gasteiger partial charge >= 0.3 is 0 Å². The Labute approximate surface area is 103 Å². The third-order valence-electron chi connectivity index (χ3n) is 3.08. The van der Waals surface area contributed by atoms with E-state index in [1.54, 1.807) is 0 Å². The van der Waals surface area contributed by atoms with E-state index in [1.165, 1.54) is 57.0 Å². The van der Waals surface area contributed by atoms with Gasteiger partial charge in [-0.05, 0) is 19.3 Å². The average molecular weight is 249 g/mol. The molecule has 0 aliphatic carbocycles. The van der Waals surface area contributed by atoms with Crippen molar-refractivity contribution in [2.24, 2.45) is 0 Å². The van der Waals surface area contributed by atoms with Crippen molar-refractivity contribution in [3.8, 4) is 0 Å². The number of unbranched alkanes of at least 4 members (excludes halogenated alkanes) is 3. The van der Waals surface area contributed by atoms with Gasteiger partial charge in [0.25, 0.3) is 0 Å². The number of halogens is 1. The maximum absolute atomic E-state index is 6.16. The highest BCUT2D eigenvalue weighted by atomic mass is 35.5. The fourth-order valence-corrected chi connectivity index (χ4v) is 6.58. The fraction of sp³-hybridized carbons (Fsp3) is 1.00. The first-order chi connectivity index (χ1) is 7.24. The smallest absolute Gasteiger partial charge is 0.0370 e. The summed E-state index contributed by atoms with van der Waals surface area (Å²) in [4.78, 5) is 0. The van der Waals surface area contributed by atoms with Crippen molar-refractivity contribution in [1.29, 1.82) is 0 Å². The summed E-state index contributed by atoms with van der Waals surface area (Å²) in [6.45, 7) is 6.84. The van der Waals surface area contributed by atoms with E-state index >= 15 is 0 Å². The third kappa shape index (κ3) is 6.85. The zero-order valence-corrected chi connectivity index (χ0v) is 12.4. The van der Waals surface area contributed by atoms with Gasteiger partial charge in [-0.3, -0.25) is 0 Å². The summed E-state index contributed by atoms with van der Waals surface area (Å²) in [5, 5.41) is 0. The Kier molecular flexibility index (Phi) is 10.5. The Morgan fingerprint density at radius 3 is 1.33 bits per heavy atom. The van der Waals surface area contributed by atoms with E-state index in [0.29, 0.717) is 0 Å². The maximum Gasteiger partial charge on any atom is 0.0370 e. The molecule has 90 valence electrons. The molecule has 15 heavy (non-hydrogen) atoms. The van der Waals surface area contributed by atoms with Crippen molar-refractivity contribution < 1.29 is 0 Å². The van der Waals surface area contributed by atoms with E-state index in [0.717, 1.165) is 0 Å². The summed E-state index contributed by atoms with van der Waals surface area (Å²) in [5.41, 5.74) is 0. The molecule has 0 aliphatic rings. The minimum atomic E-state index is -0.886. The fourth-order valence-electron chi connectivity index (χ4n) is 1.90. The van der Waals surface area contributed by atoms with Gasteiger partial charge in [0, 0.05) is 24.9 Å². The molecule has 2 radical (unpaired) electrons. The second-order valence-corrected chi connectivity index (χ2v) is 9.11. The molecule has 0 spiro atoms. The van der Waals surface area contributed by atoms with E-state index < -0.39 is 7.14 Å². The van der Waals surface area contributed by atoms with Gasteiger partial charge in [-0.25, -0.2) is 0 Å². The molecule has 0 unspecified atom stereocenters. The van der Waals surface area contributed by atoms with Gasteiger partial charge in [0.15, 0.2) is 0 Å². The van der Waals surface area contributed by atoms with E-state index in [4.69, 9.17) is 11.5 Å². The Morgan fingerprint density at radius 1 is 0.800 bits per heavy atom. The van der Waals surface area contributed by atoms with E-state index in [1.807, 2.05) is 0 Å². The summed E-state index contributed by atoms with van der Waals surface area (Å²) in [6.07, 6.45) is 14.3. The van der Waals surface area contributed by atoms with Gasteiger partial charge in [0.1, 0.15) is 0 Å². The number of rotatable bonds is 10. The van der Waals surface area contributed by atoms with Gasteiger partial charge in [-0.2, -0.15) is 7.14 Å². The van der Waals surface area contributed by atoms with Gasteiger partial charge in [0.2, 0.25) is 0 Å². The molecule has 0 N–H and O–H groups in total. The van der Waals surface area contributed by atoms with Crippen molar-refractivity contribution in [2.45, 2.75) is 59.3 Å². The molecule has 0 amide bonds. The first kappa shape index (κ1) is 15.8. The molecule has 0 aromatic rings. The average Bonchev–Trinajstić information content (AvgIpc) is 2.29. The Morgan fingerprint density at radius 2 is 1.13 bits per heavy atom. The zero-order chi connectivity index (χ0) is 11.6. The van der Waals surface area contributed by atoms with Crippen molar-refractivity contribution in [3.05, 3.63) is 0 Å². The lowest BCUT2D eigenvalue weighted by molar-refractivity contribution is 0.844. The largest absolute Gasteiger partial charge is 0.413 e. The molecule has 3 heteroatoms. The van der Waals surface area contributed by atoms with Crippen LogP contribution in [0.4, 0.5) is 0 Å². The molecule has 0 heterocycles. The molecule has 0 atom stereocenters. The lowest BCUT2D eigenvalue weighted by Gasteiger charge is -2.36. The van der Waals surface area contributed by atoms with Crippen LogP contribution in [0, 0.1) is 0 Å². The van der Waals surface area contributed by atoms with Gasteiger partial charge in [-0.15, -0.1) is 0 Å². The van der Waals surface area contributed by atoms with E-state index in [-0.39, 0.29) is 0 Å². The summed E-state index contributed by atoms with van der Waals surface area (Å²) in [7, 11) is -0.886. The lowest BCUT2D eigenvalue weighted by atomic mass is 10.4. The molecule has 0 aromatic heterocycles. The second kappa shape index (κ2) is 9.97. The second-order valence-electron chi connectivity index (χ2n) is 4.55. The highest BCUT2D eigenvalue weighted by molar-refractivity contribution is 8.05. The molecule has 0 rings (SSSR count). The monoisotopic (exact) mass is 248 g/mol. The lowest BCUT2D eigenvalue weighted by Crippen LogP contribution is -2.12.